The molecule has 0 unspecified atom stereocenters. The van der Waals surface area contributed by atoms with Gasteiger partial charge >= 0.3 is 0 Å². The zero-order chi connectivity index (χ0) is 19.1. The summed E-state index contributed by atoms with van der Waals surface area (Å²) in [5, 5.41) is 3.27. The van der Waals surface area contributed by atoms with Gasteiger partial charge < -0.3 is 10.1 Å². The van der Waals surface area contributed by atoms with Crippen LogP contribution < -0.4 is 5.32 Å². The molecule has 4 atom stereocenters. The Labute approximate surface area is 168 Å². The summed E-state index contributed by atoms with van der Waals surface area (Å²) in [4.78, 5) is 19.6. The molecule has 1 N–H and O–H groups in total. The molecular formula is C23H33N3O2. The molecule has 0 aromatic carbocycles. The molecule has 28 heavy (non-hydrogen) atoms. The Balaban J connectivity index is 1.19. The van der Waals surface area contributed by atoms with Gasteiger partial charge in [0.05, 0.1) is 17.4 Å². The van der Waals surface area contributed by atoms with Gasteiger partial charge in [-0.2, -0.15) is 0 Å². The summed E-state index contributed by atoms with van der Waals surface area (Å²) in [6, 6.07) is 6.27. The molecule has 1 spiro atoms. The van der Waals surface area contributed by atoms with E-state index in [1.807, 2.05) is 0 Å². The predicted octanol–water partition coefficient (Wildman–Crippen LogP) is 3.07. The van der Waals surface area contributed by atoms with Crippen molar-refractivity contribution in [1.29, 1.82) is 0 Å². The van der Waals surface area contributed by atoms with Gasteiger partial charge in [0.15, 0.2) is 0 Å². The van der Waals surface area contributed by atoms with Gasteiger partial charge in [-0.15, -0.1) is 0 Å². The zero-order valence-corrected chi connectivity index (χ0v) is 17.0. The highest BCUT2D eigenvalue weighted by Gasteiger charge is 2.62. The molecule has 1 aliphatic carbocycles. The maximum atomic E-state index is 12.4. The lowest BCUT2D eigenvalue weighted by Crippen LogP contribution is -2.42. The van der Waals surface area contributed by atoms with E-state index in [1.165, 1.54) is 32.1 Å². The van der Waals surface area contributed by atoms with E-state index in [0.717, 1.165) is 50.4 Å². The number of aromatic nitrogens is 1. The van der Waals surface area contributed by atoms with Crippen LogP contribution in [0, 0.1) is 24.7 Å². The van der Waals surface area contributed by atoms with E-state index in [0.29, 0.717) is 23.9 Å². The van der Waals surface area contributed by atoms with Crippen LogP contribution >= 0.6 is 0 Å². The molecule has 3 saturated heterocycles. The summed E-state index contributed by atoms with van der Waals surface area (Å²) in [5.74, 6) is 1.88. The molecule has 1 aromatic heterocycles. The van der Waals surface area contributed by atoms with Crippen molar-refractivity contribution < 1.29 is 9.53 Å². The Morgan fingerprint density at radius 2 is 2.18 bits per heavy atom. The van der Waals surface area contributed by atoms with Gasteiger partial charge in [-0.05, 0) is 50.7 Å². The van der Waals surface area contributed by atoms with Crippen LogP contribution in [-0.4, -0.2) is 47.1 Å². The van der Waals surface area contributed by atoms with Crippen molar-refractivity contribution in [2.45, 2.75) is 70.1 Å². The number of fused-ring (bicyclic) bond motifs is 1. The number of pyridine rings is 1. The number of amides is 1. The van der Waals surface area contributed by atoms with Gasteiger partial charge in [-0.25, -0.2) is 0 Å². The van der Waals surface area contributed by atoms with Gasteiger partial charge in [0.25, 0.3) is 0 Å². The third-order valence-corrected chi connectivity index (χ3v) is 7.67. The molecule has 5 heteroatoms. The number of hydrogen-bond acceptors (Lipinski definition) is 4. The van der Waals surface area contributed by atoms with E-state index >= 15 is 0 Å². The molecule has 5 rings (SSSR count). The number of carbonyl (C=O) groups is 1. The number of aryl methyl sites for hydroxylation is 1. The number of nitrogens with zero attached hydrogens (tertiary/aromatic N) is 2. The maximum Gasteiger partial charge on any atom is 0.220 e. The molecule has 4 heterocycles. The number of hydrogen-bond donors (Lipinski definition) is 1. The van der Waals surface area contributed by atoms with Crippen LogP contribution in [0.25, 0.3) is 0 Å². The fraction of sp³-hybridized carbons (Fsp3) is 0.739. The van der Waals surface area contributed by atoms with Crippen molar-refractivity contribution in [3.05, 3.63) is 29.6 Å². The largest absolute Gasteiger partial charge is 0.370 e. The minimum absolute atomic E-state index is 0.0232. The fourth-order valence-corrected chi connectivity index (χ4v) is 6.38. The van der Waals surface area contributed by atoms with Crippen LogP contribution in [0.4, 0.5) is 0 Å². The first-order valence-electron chi connectivity index (χ1n) is 11.2. The highest BCUT2D eigenvalue weighted by Crippen LogP contribution is 2.54. The summed E-state index contributed by atoms with van der Waals surface area (Å²) >= 11 is 0. The van der Waals surface area contributed by atoms with E-state index in [9.17, 15) is 4.79 Å². The predicted molar refractivity (Wildman–Crippen MR) is 108 cm³/mol. The van der Waals surface area contributed by atoms with Crippen molar-refractivity contribution in [2.24, 2.45) is 17.8 Å². The Morgan fingerprint density at radius 1 is 1.32 bits per heavy atom. The minimum Gasteiger partial charge on any atom is -0.370 e. The normalized spacial score (nSPS) is 34.8. The first-order valence-corrected chi connectivity index (χ1v) is 11.2. The summed E-state index contributed by atoms with van der Waals surface area (Å²) in [6.07, 6.45) is 8.45. The molecule has 3 aliphatic heterocycles. The Kier molecular flexibility index (Phi) is 4.92. The Hall–Kier alpha value is -1.46. The summed E-state index contributed by atoms with van der Waals surface area (Å²) in [5.41, 5.74) is 2.25. The summed E-state index contributed by atoms with van der Waals surface area (Å²) in [7, 11) is 0. The van der Waals surface area contributed by atoms with Crippen molar-refractivity contribution in [3.63, 3.8) is 0 Å². The second-order valence-corrected chi connectivity index (χ2v) is 9.63. The molecule has 2 bridgehead atoms. The lowest BCUT2D eigenvalue weighted by molar-refractivity contribution is -0.122. The van der Waals surface area contributed by atoms with Gasteiger partial charge in [0.2, 0.25) is 5.91 Å². The Morgan fingerprint density at radius 3 is 3.00 bits per heavy atom. The number of ether oxygens (including phenoxy) is 1. The first-order chi connectivity index (χ1) is 13.6. The van der Waals surface area contributed by atoms with Crippen LogP contribution in [0.3, 0.4) is 0 Å². The molecular weight excluding hydrogens is 350 g/mol. The highest BCUT2D eigenvalue weighted by molar-refractivity contribution is 5.76. The van der Waals surface area contributed by atoms with Crippen molar-refractivity contribution >= 4 is 5.91 Å². The quantitative estimate of drug-likeness (QED) is 0.820. The Bertz CT molecular complexity index is 732. The number of likely N-dealkylation sites (tertiary alicyclic amines) is 1. The van der Waals surface area contributed by atoms with Crippen molar-refractivity contribution in [2.75, 3.05) is 19.6 Å². The smallest absolute Gasteiger partial charge is 0.220 e. The van der Waals surface area contributed by atoms with Crippen LogP contribution in [0.1, 0.15) is 56.3 Å². The molecule has 5 nitrogen and oxygen atoms in total. The number of rotatable bonds is 6. The maximum absolute atomic E-state index is 12.4. The van der Waals surface area contributed by atoms with E-state index in [1.54, 1.807) is 0 Å². The monoisotopic (exact) mass is 383 g/mol. The lowest BCUT2D eigenvalue weighted by atomic mass is 9.73. The van der Waals surface area contributed by atoms with Crippen molar-refractivity contribution in [1.82, 2.24) is 15.2 Å². The van der Waals surface area contributed by atoms with Crippen LogP contribution in [-0.2, 0) is 16.1 Å². The standard InChI is InChI=1S/C23H33N3O2/c1-16-5-4-8-18(25-16)13-26-14-20-19(21-9-10-23(20,15-26)28-21)12-24-22(27)11-17-6-2-3-7-17/h4-5,8,17,19-21H,2-3,6-7,9-15H2,1H3,(H,24,27)/t19-,20+,21+,23+/m0/s1. The number of nitrogens with one attached hydrogen (secondary N) is 1. The van der Waals surface area contributed by atoms with Crippen LogP contribution in [0.15, 0.2) is 18.2 Å². The van der Waals surface area contributed by atoms with Gasteiger partial charge in [0.1, 0.15) is 0 Å². The van der Waals surface area contributed by atoms with Crippen LogP contribution in [0.5, 0.6) is 0 Å². The molecule has 4 aliphatic rings. The van der Waals surface area contributed by atoms with Gasteiger partial charge in [-0.1, -0.05) is 18.9 Å². The average Bonchev–Trinajstić information content (AvgIpc) is 3.41. The molecule has 1 saturated carbocycles. The molecule has 1 amide bonds. The van der Waals surface area contributed by atoms with E-state index in [4.69, 9.17) is 4.74 Å². The molecule has 1 aromatic rings. The number of carbonyl (C=O) groups excluding carboxylic acids is 1. The second kappa shape index (κ2) is 7.42. The summed E-state index contributed by atoms with van der Waals surface area (Å²) in [6.45, 7) is 5.81. The lowest BCUT2D eigenvalue weighted by Gasteiger charge is -2.29. The first kappa shape index (κ1) is 18.6. The van der Waals surface area contributed by atoms with Gasteiger partial charge in [0, 0.05) is 50.1 Å². The molecule has 152 valence electrons. The van der Waals surface area contributed by atoms with Crippen molar-refractivity contribution in [3.8, 4) is 0 Å². The minimum atomic E-state index is 0.0232. The molecule has 0 radical (unpaired) electrons. The zero-order valence-electron chi connectivity index (χ0n) is 17.0. The third kappa shape index (κ3) is 3.48. The average molecular weight is 384 g/mol. The van der Waals surface area contributed by atoms with E-state index < -0.39 is 0 Å². The van der Waals surface area contributed by atoms with E-state index in [2.05, 4.69) is 40.3 Å². The molecule has 4 fully saturated rings. The van der Waals surface area contributed by atoms with Crippen LogP contribution in [0.2, 0.25) is 0 Å². The van der Waals surface area contributed by atoms with Gasteiger partial charge in [-0.3, -0.25) is 14.7 Å². The SMILES string of the molecule is Cc1cccc(CN2C[C@@H]3[C@H](CNC(=O)CC4CCCC4)[C@H]4CC[C@]3(C2)O4)n1. The summed E-state index contributed by atoms with van der Waals surface area (Å²) < 4.78 is 6.54. The topological polar surface area (TPSA) is 54.5 Å². The fourth-order valence-electron chi connectivity index (χ4n) is 6.38. The highest BCUT2D eigenvalue weighted by atomic mass is 16.5. The second-order valence-electron chi connectivity index (χ2n) is 9.63. The van der Waals surface area contributed by atoms with E-state index in [-0.39, 0.29) is 11.5 Å². The third-order valence-electron chi connectivity index (χ3n) is 7.67.